The van der Waals surface area contributed by atoms with Crippen molar-refractivity contribution in [3.63, 3.8) is 0 Å². The monoisotopic (exact) mass is 185 g/mol. The number of fused-ring (bicyclic) bond motifs is 1. The summed E-state index contributed by atoms with van der Waals surface area (Å²) in [7, 11) is 1.54. The summed E-state index contributed by atoms with van der Waals surface area (Å²) in [6.45, 7) is 1.81. The summed E-state index contributed by atoms with van der Waals surface area (Å²) in [5.41, 5.74) is 0. The summed E-state index contributed by atoms with van der Waals surface area (Å²) in [5, 5.41) is 0. The lowest BCUT2D eigenvalue weighted by Gasteiger charge is -2.14. The standard InChI is InChI=1S/C8H11NO4/c1-4(10)9-6-5(3-12-2)13-8(11)7(6)9/h5-7H,3H2,1-2H3/t5-,6-,7-,9?/m1/s1. The van der Waals surface area contributed by atoms with Gasteiger partial charge >= 0.3 is 5.97 Å². The molecule has 0 unspecified atom stereocenters. The fourth-order valence-corrected chi connectivity index (χ4v) is 1.88. The van der Waals surface area contributed by atoms with E-state index in [4.69, 9.17) is 9.47 Å². The Kier molecular flexibility index (Phi) is 1.76. The molecule has 1 amide bonds. The van der Waals surface area contributed by atoms with Crippen LogP contribution in [-0.2, 0) is 19.1 Å². The maximum absolute atomic E-state index is 11.1. The van der Waals surface area contributed by atoms with Crippen molar-refractivity contribution >= 4 is 11.9 Å². The van der Waals surface area contributed by atoms with Crippen molar-refractivity contribution in [3.05, 3.63) is 0 Å². The zero-order valence-corrected chi connectivity index (χ0v) is 7.52. The predicted octanol–water partition coefficient (Wildman–Crippen LogP) is -0.843. The van der Waals surface area contributed by atoms with Crippen molar-refractivity contribution in [2.75, 3.05) is 13.7 Å². The van der Waals surface area contributed by atoms with Crippen LogP contribution in [-0.4, -0.2) is 48.7 Å². The molecule has 13 heavy (non-hydrogen) atoms. The van der Waals surface area contributed by atoms with Crippen molar-refractivity contribution in [1.82, 2.24) is 4.90 Å². The summed E-state index contributed by atoms with van der Waals surface area (Å²) in [4.78, 5) is 23.7. The van der Waals surface area contributed by atoms with E-state index in [0.29, 0.717) is 6.61 Å². The average molecular weight is 185 g/mol. The summed E-state index contributed by atoms with van der Waals surface area (Å²) in [5.74, 6) is -0.380. The highest BCUT2D eigenvalue weighted by Crippen LogP contribution is 2.39. The number of esters is 1. The zero-order chi connectivity index (χ0) is 9.59. The van der Waals surface area contributed by atoms with Crippen LogP contribution in [0.4, 0.5) is 0 Å². The average Bonchev–Trinajstić information content (AvgIpc) is 2.70. The van der Waals surface area contributed by atoms with Crippen molar-refractivity contribution in [1.29, 1.82) is 0 Å². The number of carbonyl (C=O) groups is 2. The molecule has 0 N–H and O–H groups in total. The summed E-state index contributed by atoms with van der Waals surface area (Å²) < 4.78 is 9.87. The van der Waals surface area contributed by atoms with E-state index >= 15 is 0 Å². The molecule has 5 nitrogen and oxygen atoms in total. The van der Waals surface area contributed by atoms with E-state index in [-0.39, 0.29) is 30.1 Å². The molecule has 0 aromatic carbocycles. The van der Waals surface area contributed by atoms with Gasteiger partial charge in [0.05, 0.1) is 6.61 Å². The minimum atomic E-state index is -0.336. The molecule has 2 heterocycles. The lowest BCUT2D eigenvalue weighted by Crippen LogP contribution is -2.30. The fourth-order valence-electron chi connectivity index (χ4n) is 1.88. The van der Waals surface area contributed by atoms with Gasteiger partial charge in [-0.2, -0.15) is 0 Å². The summed E-state index contributed by atoms with van der Waals surface area (Å²) >= 11 is 0. The van der Waals surface area contributed by atoms with Gasteiger partial charge in [-0.15, -0.1) is 0 Å². The van der Waals surface area contributed by atoms with Crippen LogP contribution >= 0.6 is 0 Å². The van der Waals surface area contributed by atoms with Gasteiger partial charge in [-0.3, -0.25) is 4.79 Å². The van der Waals surface area contributed by atoms with Gasteiger partial charge in [0.2, 0.25) is 5.91 Å². The fraction of sp³-hybridized carbons (Fsp3) is 0.750. The molecule has 0 spiro atoms. The van der Waals surface area contributed by atoms with Crippen LogP contribution in [0.15, 0.2) is 0 Å². The van der Waals surface area contributed by atoms with E-state index in [0.717, 1.165) is 0 Å². The highest BCUT2D eigenvalue weighted by Gasteiger charge is 2.65. The third-order valence-corrected chi connectivity index (χ3v) is 2.44. The van der Waals surface area contributed by atoms with Crippen LogP contribution in [0.25, 0.3) is 0 Å². The van der Waals surface area contributed by atoms with E-state index in [1.54, 1.807) is 7.11 Å². The Morgan fingerprint density at radius 2 is 2.38 bits per heavy atom. The molecule has 2 aliphatic heterocycles. The number of nitrogens with zero attached hydrogens (tertiary/aromatic N) is 1. The topological polar surface area (TPSA) is 55.6 Å². The molecule has 2 fully saturated rings. The van der Waals surface area contributed by atoms with E-state index < -0.39 is 0 Å². The maximum atomic E-state index is 11.1. The summed E-state index contributed by atoms with van der Waals surface area (Å²) in [6.07, 6.45) is -0.272. The molecule has 3 atom stereocenters. The highest BCUT2D eigenvalue weighted by atomic mass is 16.6. The zero-order valence-electron chi connectivity index (χ0n) is 7.52. The molecule has 2 rings (SSSR count). The second kappa shape index (κ2) is 2.70. The first kappa shape index (κ1) is 8.50. The highest BCUT2D eigenvalue weighted by molar-refractivity contribution is 5.92. The molecule has 0 saturated carbocycles. The van der Waals surface area contributed by atoms with E-state index in [9.17, 15) is 9.59 Å². The van der Waals surface area contributed by atoms with Crippen molar-refractivity contribution < 1.29 is 19.1 Å². The first-order valence-electron chi connectivity index (χ1n) is 4.15. The second-order valence-corrected chi connectivity index (χ2v) is 3.29. The molecule has 5 heteroatoms. The maximum Gasteiger partial charge on any atom is 0.331 e. The van der Waals surface area contributed by atoms with Crippen LogP contribution in [0, 0.1) is 0 Å². The molecule has 0 aliphatic carbocycles. The van der Waals surface area contributed by atoms with Gasteiger partial charge in [-0.05, 0) is 0 Å². The van der Waals surface area contributed by atoms with E-state index in [1.165, 1.54) is 11.8 Å². The van der Waals surface area contributed by atoms with Crippen LogP contribution in [0.5, 0.6) is 0 Å². The third-order valence-electron chi connectivity index (χ3n) is 2.44. The number of morpholine rings is 1. The minimum Gasteiger partial charge on any atom is -0.456 e. The molecule has 0 bridgehead atoms. The van der Waals surface area contributed by atoms with Gasteiger partial charge in [-0.25, -0.2) is 4.79 Å². The number of rotatable bonds is 2. The van der Waals surface area contributed by atoms with Gasteiger partial charge in [0.1, 0.15) is 12.1 Å². The Morgan fingerprint density at radius 3 is 2.85 bits per heavy atom. The van der Waals surface area contributed by atoms with Crippen LogP contribution in [0.1, 0.15) is 6.92 Å². The summed E-state index contributed by atoms with van der Waals surface area (Å²) in [6, 6.07) is -0.414. The lowest BCUT2D eigenvalue weighted by atomic mass is 10.2. The van der Waals surface area contributed by atoms with Crippen molar-refractivity contribution in [2.24, 2.45) is 0 Å². The molecule has 2 saturated heterocycles. The molecule has 0 aromatic rings. The predicted molar refractivity (Wildman–Crippen MR) is 41.9 cm³/mol. The molecule has 0 radical (unpaired) electrons. The largest absolute Gasteiger partial charge is 0.456 e. The molecule has 2 aliphatic rings. The molecule has 0 aromatic heterocycles. The Bertz CT molecular complexity index is 261. The second-order valence-electron chi connectivity index (χ2n) is 3.29. The van der Waals surface area contributed by atoms with Gasteiger partial charge in [0, 0.05) is 14.0 Å². The van der Waals surface area contributed by atoms with Gasteiger partial charge < -0.3 is 14.4 Å². The van der Waals surface area contributed by atoms with Crippen molar-refractivity contribution in [3.8, 4) is 0 Å². The van der Waals surface area contributed by atoms with Gasteiger partial charge in [0.25, 0.3) is 0 Å². The Hall–Kier alpha value is -1.10. The number of amides is 1. The van der Waals surface area contributed by atoms with Crippen molar-refractivity contribution in [2.45, 2.75) is 25.1 Å². The number of hydrogen-bond acceptors (Lipinski definition) is 4. The quantitative estimate of drug-likeness (QED) is 0.415. The van der Waals surface area contributed by atoms with E-state index in [2.05, 4.69) is 0 Å². The Labute approximate surface area is 75.6 Å². The SMILES string of the molecule is COC[C@H]1OC(=O)[C@H]2[C@@H]1N2C(C)=O. The first-order valence-corrected chi connectivity index (χ1v) is 4.15. The molecular formula is C8H11NO4. The lowest BCUT2D eigenvalue weighted by molar-refractivity contribution is -0.151. The molecular weight excluding hydrogens is 174 g/mol. The van der Waals surface area contributed by atoms with E-state index in [1.807, 2.05) is 0 Å². The normalized spacial score (nSPS) is 35.7. The van der Waals surface area contributed by atoms with Crippen LogP contribution in [0.2, 0.25) is 0 Å². The number of methoxy groups -OCH3 is 1. The third kappa shape index (κ3) is 1.11. The van der Waals surface area contributed by atoms with Crippen LogP contribution < -0.4 is 0 Å². The van der Waals surface area contributed by atoms with Crippen LogP contribution in [0.3, 0.4) is 0 Å². The smallest absolute Gasteiger partial charge is 0.331 e. The van der Waals surface area contributed by atoms with Gasteiger partial charge in [-0.1, -0.05) is 0 Å². The number of ether oxygens (including phenoxy) is 2. The van der Waals surface area contributed by atoms with Gasteiger partial charge in [0.15, 0.2) is 6.04 Å². The number of hydrogen-bond donors (Lipinski definition) is 0. The number of carbonyl (C=O) groups excluding carboxylic acids is 2. The Morgan fingerprint density at radius 1 is 1.69 bits per heavy atom. The molecule has 72 valence electrons. The Balaban J connectivity index is 2.05. The number of cyclic esters (lactones) is 1. The minimum absolute atomic E-state index is 0.0762. The first-order chi connectivity index (χ1) is 6.16.